The number of halogens is 3. The van der Waals surface area contributed by atoms with Crippen LogP contribution in [0, 0.1) is 0 Å². The van der Waals surface area contributed by atoms with Crippen molar-refractivity contribution in [3.8, 4) is 0 Å². The molecule has 6 heteroatoms. The van der Waals surface area contributed by atoms with E-state index in [0.717, 1.165) is 13.3 Å². The molecule has 0 N–H and O–H groups in total. The third-order valence-corrected chi connectivity index (χ3v) is 1.89. The molecule has 0 atom stereocenters. The first-order valence-electron chi connectivity index (χ1n) is 2.77. The Balaban J connectivity index is 4.23. The molecule has 0 unspecified atom stereocenters. The zero-order chi connectivity index (χ0) is 9.28. The fourth-order valence-corrected chi connectivity index (χ4v) is 1.31. The van der Waals surface area contributed by atoms with E-state index < -0.39 is 25.3 Å². The van der Waals surface area contributed by atoms with Gasteiger partial charge in [0, 0.05) is 0 Å². The molecule has 0 amide bonds. The highest BCUT2D eigenvalue weighted by Crippen LogP contribution is 2.37. The lowest BCUT2D eigenvalue weighted by molar-refractivity contribution is -0.168. The molecule has 0 aliphatic carbocycles. The van der Waals surface area contributed by atoms with Crippen molar-refractivity contribution in [2.24, 2.45) is 0 Å². The Morgan fingerprint density at radius 2 is 1.73 bits per heavy atom. The second kappa shape index (κ2) is 2.97. The Hall–Kier alpha value is -0.310. The molecule has 0 heterocycles. The highest BCUT2D eigenvalue weighted by atomic mass is 31.2. The number of rotatable bonds is 2. The van der Waals surface area contributed by atoms with E-state index in [0.29, 0.717) is 0 Å². The minimum Gasteiger partial charge on any atom is -0.324 e. The summed E-state index contributed by atoms with van der Waals surface area (Å²) in [4.78, 5) is 10.2. The number of carbonyl (C=O) groups excluding carboxylic acids is 1. The van der Waals surface area contributed by atoms with Gasteiger partial charge in [0.05, 0.1) is 13.3 Å². The van der Waals surface area contributed by atoms with Crippen LogP contribution in [0.1, 0.15) is 0 Å². The van der Waals surface area contributed by atoms with E-state index in [1.165, 1.54) is 0 Å². The maximum Gasteiger partial charge on any atom is 0.450 e. The van der Waals surface area contributed by atoms with Crippen LogP contribution in [0.4, 0.5) is 13.2 Å². The standard InChI is InChI=1S/C5H8F3O2P/c1-11(2,10)3-4(9)5(6,7)8/h3H2,1-2H3. The number of carbonyl (C=O) groups is 1. The molecule has 0 aromatic heterocycles. The highest BCUT2D eigenvalue weighted by molar-refractivity contribution is 7.63. The number of alkyl halides is 3. The zero-order valence-corrected chi connectivity index (χ0v) is 7.00. The predicted octanol–water partition coefficient (Wildman–Crippen LogP) is 1.74. The number of ketones is 1. The molecule has 0 radical (unpaired) electrons. The van der Waals surface area contributed by atoms with Crippen molar-refractivity contribution in [3.05, 3.63) is 0 Å². The summed E-state index contributed by atoms with van der Waals surface area (Å²) in [6, 6.07) is 0. The Morgan fingerprint density at radius 3 is 1.82 bits per heavy atom. The van der Waals surface area contributed by atoms with Crippen LogP contribution in [-0.4, -0.2) is 31.5 Å². The monoisotopic (exact) mass is 188 g/mol. The largest absolute Gasteiger partial charge is 0.450 e. The van der Waals surface area contributed by atoms with E-state index in [2.05, 4.69) is 0 Å². The fraction of sp³-hybridized carbons (Fsp3) is 0.800. The van der Waals surface area contributed by atoms with Crippen LogP contribution >= 0.6 is 7.14 Å². The number of Topliss-reactive ketones (excluding diaryl/α,β-unsaturated/α-hetero) is 1. The predicted molar refractivity (Wildman–Crippen MR) is 35.4 cm³/mol. The first-order valence-corrected chi connectivity index (χ1v) is 5.55. The van der Waals surface area contributed by atoms with Crippen molar-refractivity contribution < 1.29 is 22.5 Å². The van der Waals surface area contributed by atoms with Crippen LogP contribution < -0.4 is 0 Å². The highest BCUT2D eigenvalue weighted by Gasteiger charge is 2.39. The summed E-state index contributed by atoms with van der Waals surface area (Å²) in [5, 5.41) is 0. The normalized spacial score (nSPS) is 13.2. The van der Waals surface area contributed by atoms with Gasteiger partial charge in [0.2, 0.25) is 5.78 Å². The molecule has 0 aliphatic heterocycles. The second-order valence-electron chi connectivity index (χ2n) is 2.65. The van der Waals surface area contributed by atoms with Crippen LogP contribution in [0.25, 0.3) is 0 Å². The van der Waals surface area contributed by atoms with Crippen LogP contribution in [0.15, 0.2) is 0 Å². The molecule has 0 aromatic carbocycles. The third-order valence-electron chi connectivity index (χ3n) is 0.841. The fourth-order valence-electron chi connectivity index (χ4n) is 0.435. The number of hydrogen-bond acceptors (Lipinski definition) is 2. The van der Waals surface area contributed by atoms with Crippen molar-refractivity contribution >= 4 is 12.9 Å². The van der Waals surface area contributed by atoms with Gasteiger partial charge in [-0.15, -0.1) is 0 Å². The molecule has 0 saturated heterocycles. The van der Waals surface area contributed by atoms with Crippen molar-refractivity contribution in [1.82, 2.24) is 0 Å². The maximum atomic E-state index is 11.5. The van der Waals surface area contributed by atoms with Crippen molar-refractivity contribution in [2.45, 2.75) is 6.18 Å². The Morgan fingerprint density at radius 1 is 1.36 bits per heavy atom. The summed E-state index contributed by atoms with van der Waals surface area (Å²) in [6.07, 6.45) is -5.74. The second-order valence-corrected chi connectivity index (χ2v) is 6.12. The Bertz CT molecular complexity index is 202. The minimum absolute atomic E-state index is 0.892. The summed E-state index contributed by atoms with van der Waals surface area (Å²) in [5.74, 6) is -1.91. The van der Waals surface area contributed by atoms with Crippen LogP contribution in [0.2, 0.25) is 0 Å². The van der Waals surface area contributed by atoms with E-state index in [9.17, 15) is 22.5 Å². The van der Waals surface area contributed by atoms with E-state index >= 15 is 0 Å². The molecule has 11 heavy (non-hydrogen) atoms. The topological polar surface area (TPSA) is 34.1 Å². The van der Waals surface area contributed by atoms with Crippen molar-refractivity contribution in [1.29, 1.82) is 0 Å². The first kappa shape index (κ1) is 10.7. The van der Waals surface area contributed by atoms with Gasteiger partial charge in [0.1, 0.15) is 0 Å². The zero-order valence-electron chi connectivity index (χ0n) is 6.10. The maximum absolute atomic E-state index is 11.5. The van der Waals surface area contributed by atoms with Gasteiger partial charge in [-0.1, -0.05) is 0 Å². The van der Waals surface area contributed by atoms with Crippen LogP contribution in [0.3, 0.4) is 0 Å². The minimum atomic E-state index is -4.85. The molecule has 2 nitrogen and oxygen atoms in total. The van der Waals surface area contributed by atoms with Gasteiger partial charge in [-0.2, -0.15) is 13.2 Å². The van der Waals surface area contributed by atoms with Gasteiger partial charge in [0.15, 0.2) is 0 Å². The average Bonchev–Trinajstić information content (AvgIpc) is 1.56. The molecule has 0 bridgehead atoms. The van der Waals surface area contributed by atoms with Crippen LogP contribution in [-0.2, 0) is 9.36 Å². The lowest BCUT2D eigenvalue weighted by Crippen LogP contribution is -2.25. The lowest BCUT2D eigenvalue weighted by atomic mass is 10.4. The smallest absolute Gasteiger partial charge is 0.324 e. The first-order chi connectivity index (χ1) is 4.63. The van der Waals surface area contributed by atoms with Gasteiger partial charge >= 0.3 is 6.18 Å². The molecule has 0 saturated carbocycles. The molecular weight excluding hydrogens is 180 g/mol. The van der Waals surface area contributed by atoms with E-state index in [1.807, 2.05) is 0 Å². The number of hydrogen-bond donors (Lipinski definition) is 0. The van der Waals surface area contributed by atoms with Gasteiger partial charge < -0.3 is 4.57 Å². The molecule has 0 aromatic rings. The van der Waals surface area contributed by atoms with E-state index in [4.69, 9.17) is 0 Å². The molecule has 0 aliphatic rings. The summed E-state index contributed by atoms with van der Waals surface area (Å²) in [6.45, 7) is 2.30. The summed E-state index contributed by atoms with van der Waals surface area (Å²) < 4.78 is 45.3. The average molecular weight is 188 g/mol. The summed E-state index contributed by atoms with van der Waals surface area (Å²) in [7, 11) is -2.89. The van der Waals surface area contributed by atoms with Gasteiger partial charge in [-0.3, -0.25) is 4.79 Å². The quantitative estimate of drug-likeness (QED) is 0.618. The third kappa shape index (κ3) is 5.01. The molecule has 66 valence electrons. The van der Waals surface area contributed by atoms with Crippen LogP contribution in [0.5, 0.6) is 0 Å². The lowest BCUT2D eigenvalue weighted by Gasteiger charge is -2.07. The van der Waals surface area contributed by atoms with Crippen molar-refractivity contribution in [3.63, 3.8) is 0 Å². The molecule has 0 spiro atoms. The SMILES string of the molecule is CP(C)(=O)CC(=O)C(F)(F)F. The van der Waals surface area contributed by atoms with E-state index in [-0.39, 0.29) is 0 Å². The van der Waals surface area contributed by atoms with E-state index in [1.54, 1.807) is 0 Å². The molecule has 0 fully saturated rings. The Labute approximate surface area is 62.1 Å². The van der Waals surface area contributed by atoms with Gasteiger partial charge in [0.25, 0.3) is 0 Å². The van der Waals surface area contributed by atoms with Crippen molar-refractivity contribution in [2.75, 3.05) is 19.5 Å². The summed E-state index contributed by atoms with van der Waals surface area (Å²) in [5.41, 5.74) is 0. The molecule has 0 rings (SSSR count). The Kier molecular flexibility index (Phi) is 2.89. The van der Waals surface area contributed by atoms with Gasteiger partial charge in [-0.05, 0) is 13.3 Å². The summed E-state index contributed by atoms with van der Waals surface area (Å²) >= 11 is 0. The molecular formula is C5H8F3O2P. The van der Waals surface area contributed by atoms with Gasteiger partial charge in [-0.25, -0.2) is 0 Å².